The van der Waals surface area contributed by atoms with Crippen LogP contribution in [0.5, 0.6) is 0 Å². The van der Waals surface area contributed by atoms with Crippen molar-refractivity contribution in [2.75, 3.05) is 11.9 Å². The molecule has 1 amide bonds. The Bertz CT molecular complexity index is 649. The summed E-state index contributed by atoms with van der Waals surface area (Å²) in [6.07, 6.45) is 3.70. The van der Waals surface area contributed by atoms with Gasteiger partial charge in [0.1, 0.15) is 0 Å². The van der Waals surface area contributed by atoms with Crippen LogP contribution in [-0.2, 0) is 11.2 Å². The summed E-state index contributed by atoms with van der Waals surface area (Å²) >= 11 is 1.60. The second-order valence-corrected chi connectivity index (χ2v) is 6.40. The molecule has 1 atom stereocenters. The maximum absolute atomic E-state index is 11.0. The molecule has 1 aromatic carbocycles. The first-order valence-electron chi connectivity index (χ1n) is 7.75. The quantitative estimate of drug-likeness (QED) is 0.723. The number of rotatable bonds is 8. The molecule has 0 aliphatic heterocycles. The molecule has 1 aromatic heterocycles. The van der Waals surface area contributed by atoms with Crippen molar-refractivity contribution in [2.24, 2.45) is 0 Å². The highest BCUT2D eigenvalue weighted by atomic mass is 32.1. The molecule has 2 aromatic rings. The summed E-state index contributed by atoms with van der Waals surface area (Å²) in [5.74, 6) is 0.0252. The SMILES string of the molecule is C=CCNc1nc(-c2ccc(CC[C@H](C)NC(C)=O)cc2)cs1. The summed E-state index contributed by atoms with van der Waals surface area (Å²) in [6.45, 7) is 7.99. The number of hydrogen-bond donors (Lipinski definition) is 2. The van der Waals surface area contributed by atoms with E-state index in [9.17, 15) is 4.79 Å². The fourth-order valence-electron chi connectivity index (χ4n) is 2.29. The Morgan fingerprint density at radius 1 is 1.39 bits per heavy atom. The van der Waals surface area contributed by atoms with Crippen molar-refractivity contribution in [3.63, 3.8) is 0 Å². The molecule has 0 fully saturated rings. The molecule has 23 heavy (non-hydrogen) atoms. The molecule has 1 heterocycles. The van der Waals surface area contributed by atoms with Crippen LogP contribution in [0.4, 0.5) is 5.13 Å². The Kier molecular flexibility index (Phi) is 6.35. The third kappa shape index (κ3) is 5.53. The zero-order valence-electron chi connectivity index (χ0n) is 13.6. The number of hydrogen-bond acceptors (Lipinski definition) is 4. The third-order valence-electron chi connectivity index (χ3n) is 3.47. The van der Waals surface area contributed by atoms with Gasteiger partial charge in [-0.3, -0.25) is 4.79 Å². The van der Waals surface area contributed by atoms with Gasteiger partial charge in [-0.1, -0.05) is 30.3 Å². The summed E-state index contributed by atoms with van der Waals surface area (Å²) in [5.41, 5.74) is 3.37. The van der Waals surface area contributed by atoms with Crippen LogP contribution in [0.2, 0.25) is 0 Å². The second kappa shape index (κ2) is 8.48. The van der Waals surface area contributed by atoms with Crippen molar-refractivity contribution in [1.82, 2.24) is 10.3 Å². The van der Waals surface area contributed by atoms with E-state index >= 15 is 0 Å². The molecule has 0 bridgehead atoms. The molecule has 2 N–H and O–H groups in total. The molecule has 0 saturated carbocycles. The molecule has 2 rings (SSSR count). The lowest BCUT2D eigenvalue weighted by Crippen LogP contribution is -2.30. The van der Waals surface area contributed by atoms with Gasteiger partial charge < -0.3 is 10.6 Å². The molecule has 122 valence electrons. The van der Waals surface area contributed by atoms with Crippen LogP contribution in [0.3, 0.4) is 0 Å². The van der Waals surface area contributed by atoms with E-state index in [4.69, 9.17) is 0 Å². The van der Waals surface area contributed by atoms with E-state index in [0.717, 1.165) is 35.8 Å². The van der Waals surface area contributed by atoms with Gasteiger partial charge in [0.2, 0.25) is 5.91 Å². The highest BCUT2D eigenvalue weighted by Gasteiger charge is 2.06. The van der Waals surface area contributed by atoms with Gasteiger partial charge >= 0.3 is 0 Å². The topological polar surface area (TPSA) is 54.0 Å². The van der Waals surface area contributed by atoms with Crippen molar-refractivity contribution in [1.29, 1.82) is 0 Å². The number of nitrogens with zero attached hydrogens (tertiary/aromatic N) is 1. The fraction of sp³-hybridized carbons (Fsp3) is 0.333. The number of thiazole rings is 1. The molecular formula is C18H23N3OS. The van der Waals surface area contributed by atoms with Crippen LogP contribution in [0.25, 0.3) is 11.3 Å². The van der Waals surface area contributed by atoms with Crippen molar-refractivity contribution in [2.45, 2.75) is 32.7 Å². The summed E-state index contributed by atoms with van der Waals surface area (Å²) in [7, 11) is 0. The van der Waals surface area contributed by atoms with Crippen LogP contribution in [-0.4, -0.2) is 23.5 Å². The van der Waals surface area contributed by atoms with Crippen LogP contribution in [0.15, 0.2) is 42.3 Å². The number of anilines is 1. The number of benzene rings is 1. The standard InChI is InChI=1S/C18H23N3OS/c1-4-11-19-18-21-17(12-23-18)16-9-7-15(8-10-16)6-5-13(2)20-14(3)22/h4,7-10,12-13H,1,5-6,11H2,2-3H3,(H,19,21)(H,20,22)/t13-/m0/s1. The molecule has 0 saturated heterocycles. The monoisotopic (exact) mass is 329 g/mol. The zero-order chi connectivity index (χ0) is 16.7. The first kappa shape index (κ1) is 17.2. The Morgan fingerprint density at radius 3 is 2.78 bits per heavy atom. The van der Waals surface area contributed by atoms with E-state index in [1.54, 1.807) is 18.3 Å². The number of carbonyl (C=O) groups excluding carboxylic acids is 1. The first-order valence-corrected chi connectivity index (χ1v) is 8.63. The fourth-order valence-corrected chi connectivity index (χ4v) is 3.02. The average Bonchev–Trinajstić information content (AvgIpc) is 2.99. The minimum atomic E-state index is 0.0252. The van der Waals surface area contributed by atoms with Crippen molar-refractivity contribution in [3.05, 3.63) is 47.9 Å². The Balaban J connectivity index is 1.92. The van der Waals surface area contributed by atoms with Crippen molar-refractivity contribution < 1.29 is 4.79 Å². The Morgan fingerprint density at radius 2 is 2.13 bits per heavy atom. The minimum Gasteiger partial charge on any atom is -0.358 e. The maximum atomic E-state index is 11.0. The average molecular weight is 329 g/mol. The molecule has 0 aliphatic carbocycles. The molecular weight excluding hydrogens is 306 g/mol. The lowest BCUT2D eigenvalue weighted by molar-refractivity contribution is -0.119. The van der Waals surface area contributed by atoms with E-state index in [0.29, 0.717) is 0 Å². The van der Waals surface area contributed by atoms with Gasteiger partial charge in [0, 0.05) is 30.5 Å². The van der Waals surface area contributed by atoms with Gasteiger partial charge in [0.05, 0.1) is 5.69 Å². The van der Waals surface area contributed by atoms with E-state index in [2.05, 4.69) is 51.8 Å². The van der Waals surface area contributed by atoms with Crippen LogP contribution in [0, 0.1) is 0 Å². The normalized spacial score (nSPS) is 11.7. The van der Waals surface area contributed by atoms with Gasteiger partial charge in [0.15, 0.2) is 5.13 Å². The maximum Gasteiger partial charge on any atom is 0.217 e. The highest BCUT2D eigenvalue weighted by Crippen LogP contribution is 2.25. The van der Waals surface area contributed by atoms with E-state index in [1.165, 1.54) is 5.56 Å². The zero-order valence-corrected chi connectivity index (χ0v) is 14.5. The molecule has 0 aliphatic rings. The summed E-state index contributed by atoms with van der Waals surface area (Å²) in [6, 6.07) is 8.66. The molecule has 5 heteroatoms. The first-order chi connectivity index (χ1) is 11.1. The second-order valence-electron chi connectivity index (χ2n) is 5.54. The number of amides is 1. The largest absolute Gasteiger partial charge is 0.358 e. The van der Waals surface area contributed by atoms with Crippen LogP contribution >= 0.6 is 11.3 Å². The lowest BCUT2D eigenvalue weighted by atomic mass is 10.0. The van der Waals surface area contributed by atoms with Crippen molar-refractivity contribution >= 4 is 22.4 Å². The van der Waals surface area contributed by atoms with Crippen LogP contribution in [0.1, 0.15) is 25.8 Å². The molecule has 4 nitrogen and oxygen atoms in total. The van der Waals surface area contributed by atoms with Crippen LogP contribution < -0.4 is 10.6 Å². The summed E-state index contributed by atoms with van der Waals surface area (Å²) < 4.78 is 0. The van der Waals surface area contributed by atoms with Gasteiger partial charge in [-0.2, -0.15) is 0 Å². The molecule has 0 unspecified atom stereocenters. The lowest BCUT2D eigenvalue weighted by Gasteiger charge is -2.12. The van der Waals surface area contributed by atoms with E-state index in [-0.39, 0.29) is 11.9 Å². The number of aromatic nitrogens is 1. The van der Waals surface area contributed by atoms with E-state index in [1.807, 2.05) is 13.0 Å². The predicted octanol–water partition coefficient (Wildman–Crippen LogP) is 3.87. The highest BCUT2D eigenvalue weighted by molar-refractivity contribution is 7.14. The van der Waals surface area contributed by atoms with Crippen molar-refractivity contribution in [3.8, 4) is 11.3 Å². The van der Waals surface area contributed by atoms with E-state index < -0.39 is 0 Å². The summed E-state index contributed by atoms with van der Waals surface area (Å²) in [5, 5.41) is 9.07. The third-order valence-corrected chi connectivity index (χ3v) is 4.27. The number of nitrogens with one attached hydrogen (secondary N) is 2. The Hall–Kier alpha value is -2.14. The van der Waals surface area contributed by atoms with Gasteiger partial charge in [-0.25, -0.2) is 4.98 Å². The van der Waals surface area contributed by atoms with Gasteiger partial charge in [-0.05, 0) is 25.3 Å². The van der Waals surface area contributed by atoms with Gasteiger partial charge in [-0.15, -0.1) is 17.9 Å². The predicted molar refractivity (Wildman–Crippen MR) is 97.8 cm³/mol. The number of aryl methyl sites for hydroxylation is 1. The number of carbonyl (C=O) groups is 1. The van der Waals surface area contributed by atoms with Gasteiger partial charge in [0.25, 0.3) is 0 Å². The smallest absolute Gasteiger partial charge is 0.217 e. The minimum absolute atomic E-state index is 0.0252. The summed E-state index contributed by atoms with van der Waals surface area (Å²) in [4.78, 5) is 15.6. The molecule has 0 radical (unpaired) electrons. The molecule has 0 spiro atoms. The Labute approximate surface area is 141 Å².